The summed E-state index contributed by atoms with van der Waals surface area (Å²) in [5.74, 6) is 0.860. The van der Waals surface area contributed by atoms with Crippen molar-refractivity contribution < 1.29 is 4.57 Å². The Morgan fingerprint density at radius 1 is 1.41 bits per heavy atom. The highest BCUT2D eigenvalue weighted by Gasteiger charge is 2.23. The third-order valence-electron chi connectivity index (χ3n) is 4.03. The normalized spacial score (nSPS) is 19.6. The maximum atomic E-state index is 2.44. The van der Waals surface area contributed by atoms with Crippen molar-refractivity contribution in [2.45, 2.75) is 46.6 Å². The standard InChI is InChI=1S/C15H20NS/c1-4-16-11(3)17-15-13-7-5-10(2)9-12(13)6-8-14(15)16/h6,8,10H,4-5,7,9H2,1-3H3/q+1. The van der Waals surface area contributed by atoms with E-state index in [4.69, 9.17) is 0 Å². The summed E-state index contributed by atoms with van der Waals surface area (Å²) in [5.41, 5.74) is 4.69. The van der Waals surface area contributed by atoms with Crippen LogP contribution >= 0.6 is 11.3 Å². The number of benzene rings is 1. The van der Waals surface area contributed by atoms with E-state index in [0.717, 1.165) is 12.5 Å². The van der Waals surface area contributed by atoms with E-state index < -0.39 is 0 Å². The van der Waals surface area contributed by atoms with Crippen LogP contribution < -0.4 is 4.57 Å². The van der Waals surface area contributed by atoms with Crippen LogP contribution in [0.4, 0.5) is 0 Å². The molecule has 0 saturated heterocycles. The van der Waals surface area contributed by atoms with Crippen molar-refractivity contribution in [2.75, 3.05) is 0 Å². The van der Waals surface area contributed by atoms with Gasteiger partial charge < -0.3 is 0 Å². The number of thiazole rings is 1. The molecule has 90 valence electrons. The Labute approximate surface area is 107 Å². The lowest BCUT2D eigenvalue weighted by Gasteiger charge is -2.20. The fraction of sp³-hybridized carbons (Fsp3) is 0.533. The van der Waals surface area contributed by atoms with Crippen molar-refractivity contribution >= 4 is 21.6 Å². The van der Waals surface area contributed by atoms with Crippen LogP contribution in [0.15, 0.2) is 12.1 Å². The molecule has 0 spiro atoms. The molecule has 0 saturated carbocycles. The van der Waals surface area contributed by atoms with Crippen molar-refractivity contribution in [3.63, 3.8) is 0 Å². The molecular formula is C15H20NS+. The quantitative estimate of drug-likeness (QED) is 0.676. The maximum Gasteiger partial charge on any atom is 0.235 e. The first-order valence-electron chi connectivity index (χ1n) is 6.64. The van der Waals surface area contributed by atoms with Crippen molar-refractivity contribution in [2.24, 2.45) is 5.92 Å². The molecule has 1 atom stereocenters. The SMILES string of the molecule is CC[n+]1c(C)sc2c3c(ccc21)CC(C)CC3. The second kappa shape index (κ2) is 4.09. The first-order valence-corrected chi connectivity index (χ1v) is 7.46. The zero-order valence-corrected chi connectivity index (χ0v) is 11.7. The van der Waals surface area contributed by atoms with Gasteiger partial charge in [-0.2, -0.15) is 4.57 Å². The highest BCUT2D eigenvalue weighted by atomic mass is 32.1. The van der Waals surface area contributed by atoms with Gasteiger partial charge in [-0.1, -0.05) is 24.3 Å². The highest BCUT2D eigenvalue weighted by molar-refractivity contribution is 7.18. The molecule has 1 aromatic heterocycles. The number of fused-ring (bicyclic) bond motifs is 3. The van der Waals surface area contributed by atoms with Gasteiger partial charge in [0.05, 0.1) is 0 Å². The fourth-order valence-corrected chi connectivity index (χ4v) is 4.35. The molecule has 0 radical (unpaired) electrons. The third-order valence-corrected chi connectivity index (χ3v) is 5.20. The van der Waals surface area contributed by atoms with Gasteiger partial charge in [-0.3, -0.25) is 0 Å². The van der Waals surface area contributed by atoms with Gasteiger partial charge in [-0.25, -0.2) is 0 Å². The van der Waals surface area contributed by atoms with Crippen molar-refractivity contribution in [1.82, 2.24) is 0 Å². The maximum absolute atomic E-state index is 2.44. The van der Waals surface area contributed by atoms with Crippen LogP contribution in [0, 0.1) is 12.8 Å². The lowest BCUT2D eigenvalue weighted by molar-refractivity contribution is -0.669. The average molecular weight is 246 g/mol. The number of hydrogen-bond acceptors (Lipinski definition) is 1. The van der Waals surface area contributed by atoms with Gasteiger partial charge in [0.1, 0.15) is 11.2 Å². The van der Waals surface area contributed by atoms with Gasteiger partial charge in [-0.15, -0.1) is 0 Å². The van der Waals surface area contributed by atoms with Crippen molar-refractivity contribution in [1.29, 1.82) is 0 Å². The summed E-state index contributed by atoms with van der Waals surface area (Å²) < 4.78 is 3.99. The summed E-state index contributed by atoms with van der Waals surface area (Å²) in [6, 6.07) is 4.70. The van der Waals surface area contributed by atoms with Crippen LogP contribution in [0.2, 0.25) is 0 Å². The molecule has 17 heavy (non-hydrogen) atoms. The monoisotopic (exact) mass is 246 g/mol. The molecule has 0 amide bonds. The van der Waals surface area contributed by atoms with Crippen molar-refractivity contribution in [3.05, 3.63) is 28.3 Å². The van der Waals surface area contributed by atoms with Crippen LogP contribution in [0.3, 0.4) is 0 Å². The number of hydrogen-bond donors (Lipinski definition) is 0. The first-order chi connectivity index (χ1) is 8.20. The largest absolute Gasteiger partial charge is 0.235 e. The van der Waals surface area contributed by atoms with Gasteiger partial charge in [-0.05, 0) is 43.2 Å². The molecule has 0 N–H and O–H groups in total. The molecule has 3 rings (SSSR count). The molecule has 2 heteroatoms. The van der Waals surface area contributed by atoms with Crippen LogP contribution in [0.5, 0.6) is 0 Å². The molecular weight excluding hydrogens is 226 g/mol. The summed E-state index contributed by atoms with van der Waals surface area (Å²) in [6.45, 7) is 7.94. The molecule has 0 fully saturated rings. The summed E-state index contributed by atoms with van der Waals surface area (Å²) in [4.78, 5) is 0. The van der Waals surface area contributed by atoms with Crippen LogP contribution in [0.1, 0.15) is 36.4 Å². The fourth-order valence-electron chi connectivity index (χ4n) is 3.08. The minimum atomic E-state index is 0.860. The topological polar surface area (TPSA) is 3.88 Å². The second-order valence-electron chi connectivity index (χ2n) is 5.26. The zero-order valence-electron chi connectivity index (χ0n) is 10.9. The number of aryl methyl sites for hydroxylation is 3. The van der Waals surface area contributed by atoms with Crippen LogP contribution in [0.25, 0.3) is 10.2 Å². The summed E-state index contributed by atoms with van der Waals surface area (Å²) in [5, 5.41) is 1.44. The Kier molecular flexibility index (Phi) is 2.70. The van der Waals surface area contributed by atoms with Gasteiger partial charge in [0.25, 0.3) is 0 Å². The molecule has 2 aromatic rings. The molecule has 1 nitrogen and oxygen atoms in total. The number of nitrogens with zero attached hydrogens (tertiary/aromatic N) is 1. The van der Waals surface area contributed by atoms with Crippen LogP contribution in [-0.4, -0.2) is 0 Å². The molecule has 1 aliphatic carbocycles. The third kappa shape index (κ3) is 1.70. The minimum Gasteiger partial charge on any atom is -0.186 e. The van der Waals surface area contributed by atoms with E-state index >= 15 is 0 Å². The lowest BCUT2D eigenvalue weighted by Crippen LogP contribution is -2.33. The Balaban J connectivity index is 2.25. The first kappa shape index (κ1) is 11.2. The molecule has 1 unspecified atom stereocenters. The van der Waals surface area contributed by atoms with Gasteiger partial charge in [0.15, 0.2) is 0 Å². The molecule has 0 aliphatic heterocycles. The minimum absolute atomic E-state index is 0.860. The summed E-state index contributed by atoms with van der Waals surface area (Å²) in [6.07, 6.45) is 3.90. The van der Waals surface area contributed by atoms with E-state index in [0.29, 0.717) is 0 Å². The van der Waals surface area contributed by atoms with Gasteiger partial charge in [0.2, 0.25) is 10.5 Å². The Morgan fingerprint density at radius 3 is 3.00 bits per heavy atom. The van der Waals surface area contributed by atoms with E-state index in [1.807, 2.05) is 11.3 Å². The zero-order chi connectivity index (χ0) is 12.0. The van der Waals surface area contributed by atoms with Gasteiger partial charge in [0, 0.05) is 13.0 Å². The Bertz CT molecular complexity index is 568. The Hall–Kier alpha value is -0.890. The lowest BCUT2D eigenvalue weighted by atomic mass is 9.85. The summed E-state index contributed by atoms with van der Waals surface area (Å²) in [7, 11) is 0. The van der Waals surface area contributed by atoms with E-state index in [1.165, 1.54) is 29.8 Å². The molecule has 0 bridgehead atoms. The van der Waals surface area contributed by atoms with E-state index in [2.05, 4.69) is 37.5 Å². The van der Waals surface area contributed by atoms with E-state index in [1.54, 1.807) is 15.8 Å². The molecule has 1 heterocycles. The number of rotatable bonds is 1. The van der Waals surface area contributed by atoms with Gasteiger partial charge >= 0.3 is 0 Å². The van der Waals surface area contributed by atoms with E-state index in [9.17, 15) is 0 Å². The highest BCUT2D eigenvalue weighted by Crippen LogP contribution is 2.33. The van der Waals surface area contributed by atoms with Crippen LogP contribution in [-0.2, 0) is 19.4 Å². The van der Waals surface area contributed by atoms with Crippen molar-refractivity contribution in [3.8, 4) is 0 Å². The predicted octanol–water partition coefficient (Wildman–Crippen LogP) is 3.64. The second-order valence-corrected chi connectivity index (χ2v) is 6.47. The Morgan fingerprint density at radius 2 is 2.24 bits per heavy atom. The molecule has 1 aliphatic rings. The number of aromatic nitrogens is 1. The molecule has 1 aromatic carbocycles. The summed E-state index contributed by atoms with van der Waals surface area (Å²) >= 11 is 1.98. The van der Waals surface area contributed by atoms with E-state index in [-0.39, 0.29) is 0 Å². The average Bonchev–Trinajstić information content (AvgIpc) is 2.64. The predicted molar refractivity (Wildman–Crippen MR) is 73.6 cm³/mol. The smallest absolute Gasteiger partial charge is 0.186 e.